The molecule has 0 saturated heterocycles. The average molecular weight is 436 g/mol. The van der Waals surface area contributed by atoms with E-state index in [4.69, 9.17) is 11.5 Å². The normalized spacial score (nSPS) is 12.6. The monoisotopic (exact) mass is 436 g/mol. The van der Waals surface area contributed by atoms with Crippen LogP contribution in [0.15, 0.2) is 30.3 Å². The van der Waals surface area contributed by atoms with Gasteiger partial charge in [-0.05, 0) is 17.7 Å². The molecule has 0 aliphatic heterocycles. The lowest BCUT2D eigenvalue weighted by Crippen LogP contribution is -2.20. The lowest BCUT2D eigenvalue weighted by Gasteiger charge is -2.20. The van der Waals surface area contributed by atoms with Crippen LogP contribution in [0.3, 0.4) is 0 Å². The molecule has 0 aliphatic rings. The Kier molecular flexibility index (Phi) is 5.59. The summed E-state index contributed by atoms with van der Waals surface area (Å²) in [6.45, 7) is 0. The second-order valence-corrected chi connectivity index (χ2v) is 5.29. The van der Waals surface area contributed by atoms with Crippen molar-refractivity contribution in [3.05, 3.63) is 30.3 Å². The molecule has 0 atom stereocenters. The number of anilines is 2. The summed E-state index contributed by atoms with van der Waals surface area (Å²) in [5, 5.41) is 0. The van der Waals surface area contributed by atoms with E-state index in [-0.39, 0.29) is 0 Å². The Morgan fingerprint density at radius 2 is 1.00 bits per heavy atom. The Balaban J connectivity index is 2.72. The van der Waals surface area contributed by atoms with Crippen LogP contribution in [-0.4, -0.2) is 19.1 Å². The topological polar surface area (TPSA) is 79.7 Å². The zero-order valence-corrected chi connectivity index (χ0v) is 13.7. The minimum atomic E-state index is -5.36. The maximum atomic E-state index is 12.7. The van der Waals surface area contributed by atoms with Crippen molar-refractivity contribution >= 4 is 11.4 Å². The molecule has 5 nitrogen and oxygen atoms in total. The first-order valence-corrected chi connectivity index (χ1v) is 7.15. The Morgan fingerprint density at radius 3 is 1.41 bits per heavy atom. The standard InChI is InChI=1S/C15H9F9N2O3/c16-13(17,18)27-9-3-6(1-2-8(9)26)12-10(28-14(19,20)21)4-7(25)5-11(12)29-15(22,23)24/h1-5H,25-26H2. The second-order valence-electron chi connectivity index (χ2n) is 5.29. The van der Waals surface area contributed by atoms with Gasteiger partial charge in [0.15, 0.2) is 5.75 Å². The average Bonchev–Trinajstić information content (AvgIpc) is 2.44. The van der Waals surface area contributed by atoms with E-state index in [0.29, 0.717) is 18.2 Å². The van der Waals surface area contributed by atoms with E-state index >= 15 is 0 Å². The minimum Gasteiger partial charge on any atom is -0.405 e. The van der Waals surface area contributed by atoms with Gasteiger partial charge in [0.25, 0.3) is 0 Å². The third kappa shape index (κ3) is 6.43. The van der Waals surface area contributed by atoms with Gasteiger partial charge in [-0.15, -0.1) is 39.5 Å². The van der Waals surface area contributed by atoms with E-state index in [1.807, 2.05) is 0 Å². The van der Waals surface area contributed by atoms with Crippen LogP contribution < -0.4 is 25.7 Å². The number of alkyl halides is 9. The first-order valence-electron chi connectivity index (χ1n) is 7.15. The maximum absolute atomic E-state index is 12.7. The molecule has 0 unspecified atom stereocenters. The van der Waals surface area contributed by atoms with Crippen molar-refractivity contribution in [1.82, 2.24) is 0 Å². The van der Waals surface area contributed by atoms with Gasteiger partial charge in [-0.3, -0.25) is 0 Å². The molecule has 2 aromatic carbocycles. The van der Waals surface area contributed by atoms with Crippen molar-refractivity contribution in [3.63, 3.8) is 0 Å². The van der Waals surface area contributed by atoms with Crippen molar-refractivity contribution in [3.8, 4) is 28.4 Å². The van der Waals surface area contributed by atoms with Crippen molar-refractivity contribution in [2.75, 3.05) is 11.5 Å². The highest BCUT2D eigenvalue weighted by atomic mass is 19.4. The number of benzene rings is 2. The van der Waals surface area contributed by atoms with Gasteiger partial charge in [-0.25, -0.2) is 0 Å². The van der Waals surface area contributed by atoms with Crippen molar-refractivity contribution in [2.24, 2.45) is 0 Å². The fourth-order valence-corrected chi connectivity index (χ4v) is 2.21. The largest absolute Gasteiger partial charge is 0.573 e. The van der Waals surface area contributed by atoms with E-state index in [9.17, 15) is 39.5 Å². The molecule has 29 heavy (non-hydrogen) atoms. The molecular formula is C15H9F9N2O3. The van der Waals surface area contributed by atoms with Gasteiger partial charge in [0.05, 0.1) is 11.3 Å². The molecule has 0 heterocycles. The van der Waals surface area contributed by atoms with E-state index in [2.05, 4.69) is 14.2 Å². The number of nitrogen functional groups attached to an aromatic ring is 2. The summed E-state index contributed by atoms with van der Waals surface area (Å²) in [5.41, 5.74) is 7.82. The molecule has 0 bridgehead atoms. The van der Waals surface area contributed by atoms with Crippen LogP contribution in [-0.2, 0) is 0 Å². The number of nitrogens with two attached hydrogens (primary N) is 2. The smallest absolute Gasteiger partial charge is 0.405 e. The van der Waals surface area contributed by atoms with Gasteiger partial charge in [-0.2, -0.15) is 0 Å². The van der Waals surface area contributed by atoms with Crippen LogP contribution in [0.1, 0.15) is 0 Å². The van der Waals surface area contributed by atoms with Gasteiger partial charge < -0.3 is 25.7 Å². The van der Waals surface area contributed by atoms with Crippen LogP contribution in [0, 0.1) is 0 Å². The quantitative estimate of drug-likeness (QED) is 0.508. The molecule has 0 aliphatic carbocycles. The molecular weight excluding hydrogens is 427 g/mol. The Labute approximate surface area is 155 Å². The molecule has 2 rings (SSSR count). The summed E-state index contributed by atoms with van der Waals surface area (Å²) in [7, 11) is 0. The second kappa shape index (κ2) is 7.33. The Morgan fingerprint density at radius 1 is 0.586 bits per heavy atom. The molecule has 0 radical (unpaired) electrons. The zero-order valence-electron chi connectivity index (χ0n) is 13.7. The van der Waals surface area contributed by atoms with E-state index in [1.165, 1.54) is 0 Å². The van der Waals surface area contributed by atoms with Crippen LogP contribution in [0.5, 0.6) is 17.2 Å². The van der Waals surface area contributed by atoms with Gasteiger partial charge in [0.2, 0.25) is 0 Å². The van der Waals surface area contributed by atoms with E-state index in [1.54, 1.807) is 0 Å². The summed E-state index contributed by atoms with van der Waals surface area (Å²) in [6.07, 6.45) is -16.0. The van der Waals surface area contributed by atoms with Gasteiger partial charge in [0, 0.05) is 17.8 Å². The first kappa shape index (κ1) is 22.1. The molecule has 2 aromatic rings. The molecule has 0 spiro atoms. The molecule has 0 aromatic heterocycles. The van der Waals surface area contributed by atoms with Crippen LogP contribution in [0.25, 0.3) is 11.1 Å². The first-order chi connectivity index (χ1) is 13.0. The third-order valence-electron chi connectivity index (χ3n) is 3.07. The summed E-state index contributed by atoms with van der Waals surface area (Å²) in [6, 6.07) is 3.14. The highest BCUT2D eigenvalue weighted by molar-refractivity contribution is 5.82. The fourth-order valence-electron chi connectivity index (χ4n) is 2.21. The number of halogens is 9. The number of hydrogen-bond donors (Lipinski definition) is 2. The number of hydrogen-bond acceptors (Lipinski definition) is 5. The third-order valence-corrected chi connectivity index (χ3v) is 3.07. The number of ether oxygens (including phenoxy) is 3. The fraction of sp³-hybridized carbons (Fsp3) is 0.200. The molecule has 160 valence electrons. The summed E-state index contributed by atoms with van der Waals surface area (Å²) < 4.78 is 124. The summed E-state index contributed by atoms with van der Waals surface area (Å²) in [5.74, 6) is -3.57. The SMILES string of the molecule is Nc1cc(OC(F)(F)F)c(-c2ccc(N)c(OC(F)(F)F)c2)c(OC(F)(F)F)c1. The predicted octanol–water partition coefficient (Wildman–Crippen LogP) is 5.21. The minimum absolute atomic E-state index is 0.473. The van der Waals surface area contributed by atoms with Crippen LogP contribution >= 0.6 is 0 Å². The number of rotatable bonds is 4. The molecule has 0 saturated carbocycles. The van der Waals surface area contributed by atoms with Crippen LogP contribution in [0.2, 0.25) is 0 Å². The highest BCUT2D eigenvalue weighted by Gasteiger charge is 2.37. The molecule has 0 amide bonds. The van der Waals surface area contributed by atoms with Crippen LogP contribution in [0.4, 0.5) is 50.9 Å². The lowest BCUT2D eigenvalue weighted by atomic mass is 10.0. The maximum Gasteiger partial charge on any atom is 0.573 e. The summed E-state index contributed by atoms with van der Waals surface area (Å²) >= 11 is 0. The molecule has 4 N–H and O–H groups in total. The van der Waals surface area contributed by atoms with Gasteiger partial charge >= 0.3 is 19.1 Å². The van der Waals surface area contributed by atoms with Crippen molar-refractivity contribution in [1.29, 1.82) is 0 Å². The van der Waals surface area contributed by atoms with Gasteiger partial charge in [-0.1, -0.05) is 6.07 Å². The predicted molar refractivity (Wildman–Crippen MR) is 80.8 cm³/mol. The molecule has 14 heteroatoms. The van der Waals surface area contributed by atoms with Crippen molar-refractivity contribution < 1.29 is 53.7 Å². The summed E-state index contributed by atoms with van der Waals surface area (Å²) in [4.78, 5) is 0. The van der Waals surface area contributed by atoms with E-state index < -0.39 is 58.8 Å². The zero-order chi connectivity index (χ0) is 22.2. The highest BCUT2D eigenvalue weighted by Crippen LogP contribution is 2.46. The van der Waals surface area contributed by atoms with Gasteiger partial charge in [0.1, 0.15) is 11.5 Å². The Bertz CT molecular complexity index is 855. The van der Waals surface area contributed by atoms with E-state index in [0.717, 1.165) is 12.1 Å². The lowest BCUT2D eigenvalue weighted by molar-refractivity contribution is -0.276. The van der Waals surface area contributed by atoms with Crippen molar-refractivity contribution in [2.45, 2.75) is 19.1 Å². The Hall–Kier alpha value is -3.19. The molecule has 0 fully saturated rings.